The number of hydrogen-bond donors (Lipinski definition) is 3. The number of amides is 2. The molecule has 5 nitrogen and oxygen atoms in total. The molecule has 4 aliphatic rings. The minimum Gasteiger partial charge on any atom is -0.351 e. The minimum absolute atomic E-state index is 0.0600. The molecule has 0 spiro atoms. The molecular formula is C23H34N3O2+. The van der Waals surface area contributed by atoms with Crippen molar-refractivity contribution in [3.63, 3.8) is 0 Å². The highest BCUT2D eigenvalue weighted by Gasteiger charge is 2.50. The lowest BCUT2D eigenvalue weighted by atomic mass is 9.49. The van der Waals surface area contributed by atoms with Crippen molar-refractivity contribution in [3.8, 4) is 0 Å². The molecule has 5 heteroatoms. The van der Waals surface area contributed by atoms with Crippen molar-refractivity contribution in [1.29, 1.82) is 0 Å². The Kier molecular flexibility index (Phi) is 5.46. The van der Waals surface area contributed by atoms with Crippen LogP contribution in [0.2, 0.25) is 0 Å². The van der Waals surface area contributed by atoms with Crippen molar-refractivity contribution in [3.05, 3.63) is 29.8 Å². The van der Waals surface area contributed by atoms with E-state index in [9.17, 15) is 9.59 Å². The van der Waals surface area contributed by atoms with Gasteiger partial charge in [-0.3, -0.25) is 9.59 Å². The molecule has 1 atom stereocenters. The number of rotatable bonds is 7. The van der Waals surface area contributed by atoms with Gasteiger partial charge in [0.05, 0.1) is 7.05 Å². The van der Waals surface area contributed by atoms with E-state index in [0.717, 1.165) is 40.4 Å². The zero-order valence-corrected chi connectivity index (χ0v) is 17.2. The molecule has 4 saturated carbocycles. The second-order valence-electron chi connectivity index (χ2n) is 9.92. The predicted molar refractivity (Wildman–Crippen MR) is 110 cm³/mol. The van der Waals surface area contributed by atoms with E-state index in [1.807, 2.05) is 38.2 Å². The van der Waals surface area contributed by atoms with Crippen molar-refractivity contribution in [2.45, 2.75) is 45.4 Å². The Morgan fingerprint density at radius 2 is 1.50 bits per heavy atom. The zero-order chi connectivity index (χ0) is 19.7. The first-order valence-electron chi connectivity index (χ1n) is 10.8. The van der Waals surface area contributed by atoms with Crippen LogP contribution < -0.4 is 15.5 Å². The van der Waals surface area contributed by atoms with E-state index in [0.29, 0.717) is 18.5 Å². The Hall–Kier alpha value is -1.88. The second-order valence-corrected chi connectivity index (χ2v) is 9.92. The average Bonchev–Trinajstić information content (AvgIpc) is 2.61. The number of quaternary nitrogens is 1. The summed E-state index contributed by atoms with van der Waals surface area (Å²) in [5, 5.41) is 6.11. The third kappa shape index (κ3) is 4.57. The Bertz CT molecular complexity index is 693. The number of carbonyl (C=O) groups excluding carboxylic acids is 2. The van der Waals surface area contributed by atoms with Crippen LogP contribution in [-0.2, 0) is 9.59 Å². The lowest BCUT2D eigenvalue weighted by molar-refractivity contribution is -0.862. The highest BCUT2D eigenvalue weighted by Crippen LogP contribution is 2.59. The van der Waals surface area contributed by atoms with Crippen LogP contribution in [0.15, 0.2) is 24.3 Å². The summed E-state index contributed by atoms with van der Waals surface area (Å²) in [5.74, 6) is 2.72. The van der Waals surface area contributed by atoms with Crippen molar-refractivity contribution in [1.82, 2.24) is 5.32 Å². The third-order valence-electron chi connectivity index (χ3n) is 7.09. The monoisotopic (exact) mass is 384 g/mol. The molecule has 1 aromatic rings. The molecule has 2 amide bonds. The highest BCUT2D eigenvalue weighted by atomic mass is 16.2. The first-order chi connectivity index (χ1) is 13.4. The summed E-state index contributed by atoms with van der Waals surface area (Å²) in [6.07, 6.45) is 8.20. The van der Waals surface area contributed by atoms with Crippen LogP contribution in [0.1, 0.15) is 44.1 Å². The van der Waals surface area contributed by atoms with Gasteiger partial charge < -0.3 is 15.5 Å². The highest BCUT2D eigenvalue weighted by molar-refractivity contribution is 5.91. The van der Waals surface area contributed by atoms with Crippen molar-refractivity contribution in [2.75, 3.05) is 32.0 Å². The van der Waals surface area contributed by atoms with Crippen LogP contribution in [0.3, 0.4) is 0 Å². The van der Waals surface area contributed by atoms with Gasteiger partial charge in [0.25, 0.3) is 11.8 Å². The van der Waals surface area contributed by atoms with Crippen LogP contribution in [-0.4, -0.2) is 38.5 Å². The molecule has 1 unspecified atom stereocenters. The van der Waals surface area contributed by atoms with Gasteiger partial charge in [-0.15, -0.1) is 0 Å². The fourth-order valence-electron chi connectivity index (χ4n) is 6.31. The Balaban J connectivity index is 1.20. The molecule has 0 heterocycles. The molecule has 0 saturated heterocycles. The van der Waals surface area contributed by atoms with Gasteiger partial charge in [0.1, 0.15) is 0 Å². The van der Waals surface area contributed by atoms with Gasteiger partial charge in [-0.2, -0.15) is 0 Å². The predicted octanol–water partition coefficient (Wildman–Crippen LogP) is 1.78. The number of benzene rings is 1. The van der Waals surface area contributed by atoms with Crippen LogP contribution >= 0.6 is 0 Å². The minimum atomic E-state index is -0.0600. The Morgan fingerprint density at radius 3 is 2.07 bits per heavy atom. The van der Waals surface area contributed by atoms with E-state index in [-0.39, 0.29) is 11.8 Å². The molecule has 4 bridgehead atoms. The molecule has 0 aliphatic heterocycles. The molecular weight excluding hydrogens is 350 g/mol. The maximum atomic E-state index is 12.5. The third-order valence-corrected chi connectivity index (χ3v) is 7.09. The fourth-order valence-corrected chi connectivity index (χ4v) is 6.31. The molecule has 0 radical (unpaired) electrons. The fraction of sp³-hybridized carbons (Fsp3) is 0.652. The standard InChI is InChI=1S/C23H33N3O2/c1-16-3-5-20(6-4-16)25-22(28)14-26(2)13-21(27)24-15-23-10-17-7-18(11-23)9-19(8-17)12-23/h3-6,17-19H,7-15H2,1-2H3,(H,24,27)(H,25,28)/p+1. The topological polar surface area (TPSA) is 62.6 Å². The number of aryl methyl sites for hydroxylation is 1. The average molecular weight is 385 g/mol. The lowest BCUT2D eigenvalue weighted by Crippen LogP contribution is -3.11. The number of carbonyl (C=O) groups is 2. The van der Waals surface area contributed by atoms with Gasteiger partial charge in [-0.25, -0.2) is 0 Å². The maximum Gasteiger partial charge on any atom is 0.279 e. The largest absolute Gasteiger partial charge is 0.351 e. The van der Waals surface area contributed by atoms with Crippen LogP contribution in [0.25, 0.3) is 0 Å². The van der Waals surface area contributed by atoms with Crippen molar-refractivity contribution in [2.24, 2.45) is 23.2 Å². The summed E-state index contributed by atoms with van der Waals surface area (Å²) < 4.78 is 0. The number of likely N-dealkylation sites (N-methyl/N-ethyl adjacent to an activating group) is 1. The van der Waals surface area contributed by atoms with Gasteiger partial charge in [0.2, 0.25) is 0 Å². The zero-order valence-electron chi connectivity index (χ0n) is 17.2. The number of hydrogen-bond acceptors (Lipinski definition) is 2. The van der Waals surface area contributed by atoms with Gasteiger partial charge in [-0.1, -0.05) is 17.7 Å². The second kappa shape index (κ2) is 7.86. The first kappa shape index (κ1) is 19.4. The van der Waals surface area contributed by atoms with Gasteiger partial charge in [0, 0.05) is 12.2 Å². The van der Waals surface area contributed by atoms with E-state index in [2.05, 4.69) is 10.6 Å². The Morgan fingerprint density at radius 1 is 0.964 bits per heavy atom. The van der Waals surface area contributed by atoms with Gasteiger partial charge in [-0.05, 0) is 80.8 Å². The van der Waals surface area contributed by atoms with E-state index in [1.165, 1.54) is 38.5 Å². The molecule has 152 valence electrons. The quantitative estimate of drug-likeness (QED) is 0.671. The summed E-state index contributed by atoms with van der Waals surface area (Å²) in [4.78, 5) is 25.6. The molecule has 28 heavy (non-hydrogen) atoms. The summed E-state index contributed by atoms with van der Waals surface area (Å²) in [6, 6.07) is 7.76. The van der Waals surface area contributed by atoms with Crippen LogP contribution in [0, 0.1) is 30.1 Å². The van der Waals surface area contributed by atoms with Gasteiger partial charge >= 0.3 is 0 Å². The Labute approximate surface area is 168 Å². The van der Waals surface area contributed by atoms with E-state index in [4.69, 9.17) is 0 Å². The summed E-state index contributed by atoms with van der Waals surface area (Å²) in [6.45, 7) is 3.48. The molecule has 3 N–H and O–H groups in total. The smallest absolute Gasteiger partial charge is 0.279 e. The number of anilines is 1. The van der Waals surface area contributed by atoms with E-state index in [1.54, 1.807) is 0 Å². The summed E-state index contributed by atoms with van der Waals surface area (Å²) in [5.41, 5.74) is 2.33. The molecule has 4 fully saturated rings. The SMILES string of the molecule is Cc1ccc(NC(=O)C[NH+](C)CC(=O)NCC23CC4CC(CC(C4)C2)C3)cc1. The molecule has 1 aromatic carbocycles. The summed E-state index contributed by atoms with van der Waals surface area (Å²) in [7, 11) is 1.90. The first-order valence-corrected chi connectivity index (χ1v) is 10.8. The summed E-state index contributed by atoms with van der Waals surface area (Å²) >= 11 is 0. The number of nitrogens with one attached hydrogen (secondary N) is 3. The molecule has 0 aromatic heterocycles. The normalized spacial score (nSPS) is 31.4. The molecule has 5 rings (SSSR count). The molecule has 4 aliphatic carbocycles. The van der Waals surface area contributed by atoms with Crippen LogP contribution in [0.5, 0.6) is 0 Å². The van der Waals surface area contributed by atoms with Crippen LogP contribution in [0.4, 0.5) is 5.69 Å². The lowest BCUT2D eigenvalue weighted by Gasteiger charge is -2.56. The maximum absolute atomic E-state index is 12.5. The van der Waals surface area contributed by atoms with Crippen molar-refractivity contribution < 1.29 is 14.5 Å². The van der Waals surface area contributed by atoms with E-state index < -0.39 is 0 Å². The van der Waals surface area contributed by atoms with E-state index >= 15 is 0 Å². The van der Waals surface area contributed by atoms with Crippen molar-refractivity contribution >= 4 is 17.5 Å². The van der Waals surface area contributed by atoms with Gasteiger partial charge in [0.15, 0.2) is 13.1 Å².